The Hall–Kier alpha value is -2.86. The van der Waals surface area contributed by atoms with E-state index in [9.17, 15) is 9.59 Å². The molecule has 0 aliphatic carbocycles. The van der Waals surface area contributed by atoms with Crippen LogP contribution < -0.4 is 4.74 Å². The van der Waals surface area contributed by atoms with Gasteiger partial charge in [-0.15, -0.1) is 0 Å². The highest BCUT2D eigenvalue weighted by molar-refractivity contribution is 6.00. The summed E-state index contributed by atoms with van der Waals surface area (Å²) in [4.78, 5) is 26.9. The SMILES string of the molecule is CCCN(CC(COc1c(C(=O)CC)cccc1-c1ccccc1)OC)C(=O)OC(C)(C)C. The first-order valence-electron chi connectivity index (χ1n) is 11.5. The van der Waals surface area contributed by atoms with E-state index in [1.807, 2.05) is 77.1 Å². The van der Waals surface area contributed by atoms with E-state index in [0.29, 0.717) is 30.8 Å². The molecule has 0 N–H and O–H groups in total. The summed E-state index contributed by atoms with van der Waals surface area (Å²) in [5.74, 6) is 0.551. The van der Waals surface area contributed by atoms with Gasteiger partial charge in [-0.1, -0.05) is 56.3 Å². The maximum Gasteiger partial charge on any atom is 0.410 e. The van der Waals surface area contributed by atoms with Crippen LogP contribution in [0.4, 0.5) is 4.79 Å². The molecule has 0 aliphatic rings. The van der Waals surface area contributed by atoms with Gasteiger partial charge in [0.2, 0.25) is 0 Å². The largest absolute Gasteiger partial charge is 0.489 e. The third-order valence-electron chi connectivity index (χ3n) is 5.04. The molecule has 1 amide bonds. The zero-order chi connectivity index (χ0) is 24.4. The van der Waals surface area contributed by atoms with Crippen LogP contribution in [0.25, 0.3) is 11.1 Å². The summed E-state index contributed by atoms with van der Waals surface area (Å²) in [6.07, 6.45) is 0.406. The molecule has 0 spiro atoms. The monoisotopic (exact) mass is 455 g/mol. The molecule has 1 atom stereocenters. The third-order valence-corrected chi connectivity index (χ3v) is 5.04. The predicted octanol–water partition coefficient (Wildman–Crippen LogP) is 5.99. The zero-order valence-electron chi connectivity index (χ0n) is 20.7. The average Bonchev–Trinajstić information content (AvgIpc) is 2.79. The number of para-hydroxylation sites is 1. The number of ketones is 1. The Bertz CT molecular complexity index is 904. The molecule has 0 bridgehead atoms. The quantitative estimate of drug-likeness (QED) is 0.390. The van der Waals surface area contributed by atoms with Crippen LogP contribution in [0.5, 0.6) is 5.75 Å². The molecule has 2 aromatic carbocycles. The summed E-state index contributed by atoms with van der Waals surface area (Å²) in [6, 6.07) is 15.4. The van der Waals surface area contributed by atoms with E-state index in [2.05, 4.69) is 0 Å². The first-order valence-corrected chi connectivity index (χ1v) is 11.5. The van der Waals surface area contributed by atoms with Gasteiger partial charge in [0, 0.05) is 25.6 Å². The number of carbonyl (C=O) groups is 2. The summed E-state index contributed by atoms with van der Waals surface area (Å²) in [5.41, 5.74) is 1.79. The van der Waals surface area contributed by atoms with Gasteiger partial charge in [0.25, 0.3) is 0 Å². The number of carbonyl (C=O) groups excluding carboxylic acids is 2. The van der Waals surface area contributed by atoms with Crippen molar-refractivity contribution in [1.29, 1.82) is 0 Å². The van der Waals surface area contributed by atoms with Crippen molar-refractivity contribution < 1.29 is 23.8 Å². The number of rotatable bonds is 11. The first kappa shape index (κ1) is 26.4. The number of benzene rings is 2. The van der Waals surface area contributed by atoms with Gasteiger partial charge in [-0.2, -0.15) is 0 Å². The first-order chi connectivity index (χ1) is 15.7. The molecular weight excluding hydrogens is 418 g/mol. The van der Waals surface area contributed by atoms with Crippen LogP contribution in [0.2, 0.25) is 0 Å². The van der Waals surface area contributed by atoms with Gasteiger partial charge < -0.3 is 19.1 Å². The van der Waals surface area contributed by atoms with Crippen molar-refractivity contribution in [2.45, 2.75) is 59.2 Å². The van der Waals surface area contributed by atoms with E-state index in [0.717, 1.165) is 17.5 Å². The fourth-order valence-electron chi connectivity index (χ4n) is 3.42. The highest BCUT2D eigenvalue weighted by Gasteiger charge is 2.25. The Kier molecular flexibility index (Phi) is 9.92. The van der Waals surface area contributed by atoms with E-state index in [-0.39, 0.29) is 18.5 Å². The van der Waals surface area contributed by atoms with E-state index in [4.69, 9.17) is 14.2 Å². The van der Waals surface area contributed by atoms with Crippen LogP contribution in [0.1, 0.15) is 57.8 Å². The lowest BCUT2D eigenvalue weighted by Crippen LogP contribution is -2.43. The van der Waals surface area contributed by atoms with Crippen LogP contribution in [0.15, 0.2) is 48.5 Å². The topological polar surface area (TPSA) is 65.1 Å². The summed E-state index contributed by atoms with van der Waals surface area (Å²) in [5, 5.41) is 0. The average molecular weight is 456 g/mol. The molecule has 0 heterocycles. The van der Waals surface area contributed by atoms with Gasteiger partial charge in [-0.3, -0.25) is 4.79 Å². The van der Waals surface area contributed by atoms with Gasteiger partial charge >= 0.3 is 6.09 Å². The van der Waals surface area contributed by atoms with Crippen LogP contribution >= 0.6 is 0 Å². The molecule has 0 aromatic heterocycles. The molecule has 6 nitrogen and oxygen atoms in total. The normalized spacial score (nSPS) is 12.2. The highest BCUT2D eigenvalue weighted by Crippen LogP contribution is 2.34. The molecule has 0 aliphatic heterocycles. The Morgan fingerprint density at radius 1 is 1.00 bits per heavy atom. The number of Topliss-reactive ketones (excluding diaryl/α,β-unsaturated/α-hetero) is 1. The van der Waals surface area contributed by atoms with Crippen LogP contribution in [0, 0.1) is 0 Å². The third kappa shape index (κ3) is 7.90. The molecule has 2 aromatic rings. The molecule has 6 heteroatoms. The fourth-order valence-corrected chi connectivity index (χ4v) is 3.42. The molecule has 33 heavy (non-hydrogen) atoms. The predicted molar refractivity (Wildman–Crippen MR) is 131 cm³/mol. The number of methoxy groups -OCH3 is 1. The van der Waals surface area contributed by atoms with Crippen molar-refractivity contribution in [1.82, 2.24) is 4.90 Å². The van der Waals surface area contributed by atoms with Gasteiger partial charge in [-0.25, -0.2) is 4.79 Å². The van der Waals surface area contributed by atoms with Crippen LogP contribution in [-0.2, 0) is 9.47 Å². The molecule has 0 saturated heterocycles. The zero-order valence-corrected chi connectivity index (χ0v) is 20.7. The van der Waals surface area contributed by atoms with Crippen LogP contribution in [0.3, 0.4) is 0 Å². The van der Waals surface area contributed by atoms with Crippen LogP contribution in [-0.4, -0.2) is 55.3 Å². The molecule has 0 saturated carbocycles. The smallest absolute Gasteiger partial charge is 0.410 e. The van der Waals surface area contributed by atoms with Gasteiger partial charge in [-0.05, 0) is 38.8 Å². The summed E-state index contributed by atoms with van der Waals surface area (Å²) < 4.78 is 17.4. The molecule has 0 radical (unpaired) electrons. The van der Waals surface area contributed by atoms with E-state index >= 15 is 0 Å². The molecule has 2 rings (SSSR count). The Balaban J connectivity index is 2.26. The van der Waals surface area contributed by atoms with Crippen molar-refractivity contribution in [3.63, 3.8) is 0 Å². The van der Waals surface area contributed by atoms with Crippen molar-refractivity contribution in [3.8, 4) is 16.9 Å². The summed E-state index contributed by atoms with van der Waals surface area (Å²) >= 11 is 0. The summed E-state index contributed by atoms with van der Waals surface area (Å²) in [6.45, 7) is 10.4. The van der Waals surface area contributed by atoms with Crippen molar-refractivity contribution in [3.05, 3.63) is 54.1 Å². The Morgan fingerprint density at radius 2 is 1.70 bits per heavy atom. The fraction of sp³-hybridized carbons (Fsp3) is 0.481. The van der Waals surface area contributed by atoms with E-state index in [1.54, 1.807) is 18.1 Å². The second-order valence-corrected chi connectivity index (χ2v) is 8.92. The minimum absolute atomic E-state index is 0.0121. The second kappa shape index (κ2) is 12.4. The van der Waals surface area contributed by atoms with E-state index in [1.165, 1.54) is 0 Å². The Labute approximate surface area is 197 Å². The second-order valence-electron chi connectivity index (χ2n) is 8.92. The standard InChI is InChI=1S/C27H37NO5/c1-7-17-28(26(30)33-27(3,4)5)18-21(31-6)19-32-25-22(20-13-10-9-11-14-20)15-12-16-23(25)24(29)8-2/h9-16,21H,7-8,17-19H2,1-6H3. The van der Waals surface area contributed by atoms with Gasteiger partial charge in [0.15, 0.2) is 5.78 Å². The number of hydrogen-bond donors (Lipinski definition) is 0. The lowest BCUT2D eigenvalue weighted by Gasteiger charge is -2.30. The molecule has 0 fully saturated rings. The molecule has 1 unspecified atom stereocenters. The minimum atomic E-state index is -0.577. The maximum absolute atomic E-state index is 12.7. The van der Waals surface area contributed by atoms with E-state index < -0.39 is 11.7 Å². The Morgan fingerprint density at radius 3 is 2.27 bits per heavy atom. The number of amides is 1. The minimum Gasteiger partial charge on any atom is -0.489 e. The number of nitrogens with zero attached hydrogens (tertiary/aromatic N) is 1. The lowest BCUT2D eigenvalue weighted by atomic mass is 9.98. The number of hydrogen-bond acceptors (Lipinski definition) is 5. The van der Waals surface area contributed by atoms with Crippen molar-refractivity contribution >= 4 is 11.9 Å². The van der Waals surface area contributed by atoms with Gasteiger partial charge in [0.1, 0.15) is 24.1 Å². The molecule has 180 valence electrons. The highest BCUT2D eigenvalue weighted by atomic mass is 16.6. The molecular formula is C27H37NO5. The lowest BCUT2D eigenvalue weighted by molar-refractivity contribution is -0.00128. The van der Waals surface area contributed by atoms with Gasteiger partial charge in [0.05, 0.1) is 12.1 Å². The summed E-state index contributed by atoms with van der Waals surface area (Å²) in [7, 11) is 1.59. The van der Waals surface area contributed by atoms with Crippen molar-refractivity contribution in [2.75, 3.05) is 26.8 Å². The van der Waals surface area contributed by atoms with Crippen molar-refractivity contribution in [2.24, 2.45) is 0 Å². The number of ether oxygens (including phenoxy) is 3. The maximum atomic E-state index is 12.7.